The molecule has 0 saturated carbocycles. The monoisotopic (exact) mass is 502 g/mol. The van der Waals surface area contributed by atoms with Gasteiger partial charge in [-0.3, -0.25) is 29.3 Å². The zero-order valence-corrected chi connectivity index (χ0v) is 19.2. The molecule has 3 aromatic carbocycles. The summed E-state index contributed by atoms with van der Waals surface area (Å²) < 4.78 is 4.99. The van der Waals surface area contributed by atoms with Crippen LogP contribution in [-0.4, -0.2) is 41.1 Å². The van der Waals surface area contributed by atoms with E-state index in [0.29, 0.717) is 5.69 Å². The van der Waals surface area contributed by atoms with Crippen LogP contribution in [0, 0.1) is 10.1 Å². The first-order chi connectivity index (χ1) is 17.6. The van der Waals surface area contributed by atoms with E-state index in [4.69, 9.17) is 4.74 Å². The van der Waals surface area contributed by atoms with Gasteiger partial charge < -0.3 is 15.4 Å². The lowest BCUT2D eigenvalue weighted by atomic mass is 10.1. The van der Waals surface area contributed by atoms with Crippen LogP contribution in [0.4, 0.5) is 22.7 Å². The molecule has 3 aromatic rings. The quantitative estimate of drug-likeness (QED) is 0.215. The molecule has 0 aromatic heterocycles. The maximum atomic E-state index is 13.0. The van der Waals surface area contributed by atoms with E-state index in [2.05, 4.69) is 10.6 Å². The summed E-state index contributed by atoms with van der Waals surface area (Å²) in [6.45, 7) is 0.669. The Balaban J connectivity index is 1.42. The second kappa shape index (κ2) is 10.1. The van der Waals surface area contributed by atoms with Crippen LogP contribution in [0.3, 0.4) is 0 Å². The van der Waals surface area contributed by atoms with Gasteiger partial charge in [0.25, 0.3) is 23.4 Å². The number of amides is 4. The summed E-state index contributed by atoms with van der Waals surface area (Å²) in [6, 6.07) is 15.2. The van der Waals surface area contributed by atoms with Gasteiger partial charge in [0.15, 0.2) is 6.61 Å². The van der Waals surface area contributed by atoms with Crippen molar-refractivity contribution in [2.75, 3.05) is 22.1 Å². The highest BCUT2D eigenvalue weighted by atomic mass is 16.6. The van der Waals surface area contributed by atoms with E-state index < -0.39 is 35.2 Å². The van der Waals surface area contributed by atoms with Gasteiger partial charge >= 0.3 is 5.97 Å². The number of nitro groups is 1. The number of fused-ring (bicyclic) bond motifs is 1. The number of carbonyl (C=O) groups is 5. The molecule has 0 atom stereocenters. The molecule has 1 heterocycles. The smallest absolute Gasteiger partial charge is 0.338 e. The Bertz CT molecular complexity index is 1470. The molecule has 0 saturated heterocycles. The summed E-state index contributed by atoms with van der Waals surface area (Å²) >= 11 is 0. The number of benzene rings is 3. The standard InChI is InChI=1S/C25H18N4O8/c1-14(30)26-16-6-8-18(9-7-16)28-23(32)20-10-5-15(11-21(20)24(28)33)25(34)37-13-22(31)27-17-3-2-4-19(12-17)29(35)36/h2-12H,13H2,1H3,(H,26,30)(H,27,31). The number of ether oxygens (including phenoxy) is 1. The van der Waals surface area contributed by atoms with E-state index in [1.807, 2.05) is 0 Å². The van der Waals surface area contributed by atoms with Gasteiger partial charge in [0.05, 0.1) is 27.3 Å². The van der Waals surface area contributed by atoms with Crippen molar-refractivity contribution in [3.63, 3.8) is 0 Å². The molecule has 0 fully saturated rings. The molecule has 12 heteroatoms. The fourth-order valence-electron chi connectivity index (χ4n) is 3.61. The highest BCUT2D eigenvalue weighted by Gasteiger charge is 2.37. The normalized spacial score (nSPS) is 12.1. The van der Waals surface area contributed by atoms with Gasteiger partial charge in [0, 0.05) is 30.4 Å². The second-order valence-corrected chi connectivity index (χ2v) is 7.87. The number of nitro benzene ring substituents is 1. The van der Waals surface area contributed by atoms with Crippen LogP contribution >= 0.6 is 0 Å². The van der Waals surface area contributed by atoms with Crippen molar-refractivity contribution in [1.82, 2.24) is 0 Å². The van der Waals surface area contributed by atoms with Crippen LogP contribution < -0.4 is 15.5 Å². The number of anilines is 3. The lowest BCUT2D eigenvalue weighted by molar-refractivity contribution is -0.384. The van der Waals surface area contributed by atoms with E-state index in [-0.39, 0.29) is 39.7 Å². The molecule has 37 heavy (non-hydrogen) atoms. The van der Waals surface area contributed by atoms with Crippen molar-refractivity contribution >= 4 is 52.3 Å². The number of nitrogens with one attached hydrogen (secondary N) is 2. The van der Waals surface area contributed by atoms with Crippen molar-refractivity contribution in [2.24, 2.45) is 0 Å². The minimum atomic E-state index is -0.907. The Kier molecular flexibility index (Phi) is 6.73. The minimum Gasteiger partial charge on any atom is -0.452 e. The van der Waals surface area contributed by atoms with E-state index in [0.717, 1.165) is 11.0 Å². The van der Waals surface area contributed by atoms with Crippen LogP contribution in [0.2, 0.25) is 0 Å². The molecular formula is C25H18N4O8. The Hall–Kier alpha value is -5.39. The van der Waals surface area contributed by atoms with Gasteiger partial charge in [-0.2, -0.15) is 0 Å². The van der Waals surface area contributed by atoms with Gasteiger partial charge in [-0.05, 0) is 48.5 Å². The van der Waals surface area contributed by atoms with E-state index in [9.17, 15) is 34.1 Å². The number of esters is 1. The first-order valence-corrected chi connectivity index (χ1v) is 10.8. The first kappa shape index (κ1) is 24.7. The maximum Gasteiger partial charge on any atom is 0.338 e. The number of hydrogen-bond donors (Lipinski definition) is 2. The van der Waals surface area contributed by atoms with Crippen LogP contribution in [0.15, 0.2) is 66.7 Å². The highest BCUT2D eigenvalue weighted by Crippen LogP contribution is 2.30. The van der Waals surface area contributed by atoms with Crippen molar-refractivity contribution in [3.8, 4) is 0 Å². The number of non-ortho nitro benzene ring substituents is 1. The number of hydrogen-bond acceptors (Lipinski definition) is 8. The zero-order valence-electron chi connectivity index (χ0n) is 19.2. The topological polar surface area (TPSA) is 165 Å². The van der Waals surface area contributed by atoms with Crippen LogP contribution in [-0.2, 0) is 14.3 Å². The van der Waals surface area contributed by atoms with Gasteiger partial charge in [0.1, 0.15) is 0 Å². The molecule has 0 aliphatic carbocycles. The summed E-state index contributed by atoms with van der Waals surface area (Å²) in [6.07, 6.45) is 0. The first-order valence-electron chi connectivity index (χ1n) is 10.8. The number of nitrogens with zero attached hydrogens (tertiary/aromatic N) is 2. The molecule has 1 aliphatic rings. The molecule has 2 N–H and O–H groups in total. The second-order valence-electron chi connectivity index (χ2n) is 7.87. The summed E-state index contributed by atoms with van der Waals surface area (Å²) in [5, 5.41) is 15.8. The fourth-order valence-corrected chi connectivity index (χ4v) is 3.61. The highest BCUT2D eigenvalue weighted by molar-refractivity contribution is 6.34. The van der Waals surface area contributed by atoms with Gasteiger partial charge in [-0.1, -0.05) is 6.07 Å². The number of rotatable bonds is 7. The summed E-state index contributed by atoms with van der Waals surface area (Å²) in [4.78, 5) is 72.7. The Morgan fingerprint density at radius 3 is 2.27 bits per heavy atom. The third kappa shape index (κ3) is 5.32. The van der Waals surface area contributed by atoms with Gasteiger partial charge in [0.2, 0.25) is 5.91 Å². The van der Waals surface area contributed by atoms with Crippen LogP contribution in [0.1, 0.15) is 38.0 Å². The molecule has 186 valence electrons. The Labute approximate surface area is 209 Å². The lowest BCUT2D eigenvalue weighted by Crippen LogP contribution is -2.29. The fraction of sp³-hybridized carbons (Fsp3) is 0.0800. The number of imide groups is 1. The van der Waals surface area contributed by atoms with Crippen LogP contribution in [0.25, 0.3) is 0 Å². The largest absolute Gasteiger partial charge is 0.452 e. The molecule has 0 bridgehead atoms. The average molecular weight is 502 g/mol. The van der Waals surface area contributed by atoms with Crippen molar-refractivity contribution < 1.29 is 33.6 Å². The molecule has 4 amide bonds. The summed E-state index contributed by atoms with van der Waals surface area (Å²) in [5.74, 6) is -3.13. The SMILES string of the molecule is CC(=O)Nc1ccc(N2C(=O)c3ccc(C(=O)OCC(=O)Nc4cccc([N+](=O)[O-])c4)cc3C2=O)cc1. The third-order valence-electron chi connectivity index (χ3n) is 5.24. The van der Waals surface area contributed by atoms with Gasteiger partial charge in [-0.25, -0.2) is 9.69 Å². The maximum absolute atomic E-state index is 13.0. The molecule has 0 spiro atoms. The van der Waals surface area contributed by atoms with Crippen molar-refractivity contribution in [3.05, 3.63) is 93.5 Å². The molecule has 12 nitrogen and oxygen atoms in total. The minimum absolute atomic E-state index is 0.00793. The van der Waals surface area contributed by atoms with Crippen LogP contribution in [0.5, 0.6) is 0 Å². The Morgan fingerprint density at radius 2 is 1.59 bits per heavy atom. The average Bonchev–Trinajstić information content (AvgIpc) is 3.12. The van der Waals surface area contributed by atoms with E-state index in [1.165, 1.54) is 55.5 Å². The molecule has 0 unspecified atom stereocenters. The van der Waals surface area contributed by atoms with E-state index in [1.54, 1.807) is 12.1 Å². The molecule has 4 rings (SSSR count). The predicted molar refractivity (Wildman–Crippen MR) is 130 cm³/mol. The van der Waals surface area contributed by atoms with Gasteiger partial charge in [-0.15, -0.1) is 0 Å². The lowest BCUT2D eigenvalue weighted by Gasteiger charge is -2.14. The summed E-state index contributed by atoms with van der Waals surface area (Å²) in [5.41, 5.74) is 0.745. The predicted octanol–water partition coefficient (Wildman–Crippen LogP) is 3.15. The molecule has 0 radical (unpaired) electrons. The summed E-state index contributed by atoms with van der Waals surface area (Å²) in [7, 11) is 0. The van der Waals surface area contributed by atoms with Crippen molar-refractivity contribution in [1.29, 1.82) is 0 Å². The molecular weight excluding hydrogens is 484 g/mol. The zero-order chi connectivity index (χ0) is 26.7. The van der Waals surface area contributed by atoms with E-state index >= 15 is 0 Å². The third-order valence-corrected chi connectivity index (χ3v) is 5.24. The molecule has 1 aliphatic heterocycles. The van der Waals surface area contributed by atoms with Crippen molar-refractivity contribution in [2.45, 2.75) is 6.92 Å². The Morgan fingerprint density at radius 1 is 0.892 bits per heavy atom. The number of carbonyl (C=O) groups excluding carboxylic acids is 5.